The van der Waals surface area contributed by atoms with E-state index in [1.165, 1.54) is 11.3 Å². The number of aromatic nitrogens is 1. The maximum Gasteiger partial charge on any atom is 0.267 e. The van der Waals surface area contributed by atoms with Crippen molar-refractivity contribution in [3.63, 3.8) is 0 Å². The third-order valence-electron chi connectivity index (χ3n) is 1.97. The Balaban J connectivity index is 2.18. The molecule has 2 aromatic rings. The summed E-state index contributed by atoms with van der Waals surface area (Å²) < 4.78 is 0. The van der Waals surface area contributed by atoms with Crippen LogP contribution in [0.2, 0.25) is 10.0 Å². The fourth-order valence-electron chi connectivity index (χ4n) is 1.29. The zero-order valence-corrected chi connectivity index (χ0v) is 11.2. The zero-order chi connectivity index (χ0) is 12.4. The van der Waals surface area contributed by atoms with E-state index < -0.39 is 0 Å². The second kappa shape index (κ2) is 5.04. The Hall–Kier alpha value is -1.10. The number of rotatable bonds is 2. The first kappa shape index (κ1) is 12.4. The summed E-state index contributed by atoms with van der Waals surface area (Å²) in [7, 11) is 0. The Kier molecular flexibility index (Phi) is 3.66. The van der Waals surface area contributed by atoms with E-state index in [1.807, 2.05) is 6.92 Å². The number of thiazole rings is 1. The number of nitrogens with one attached hydrogen (secondary N) is 1. The number of carbonyl (C=O) groups excluding carboxylic acids is 1. The molecule has 1 amide bonds. The summed E-state index contributed by atoms with van der Waals surface area (Å²) in [5, 5.41) is 4.52. The molecular formula is C11H8Cl2N2OS. The summed E-state index contributed by atoms with van der Waals surface area (Å²) in [5.74, 6) is -0.214. The van der Waals surface area contributed by atoms with Gasteiger partial charge in [-0.3, -0.25) is 4.79 Å². The molecule has 2 rings (SSSR count). The van der Waals surface area contributed by atoms with Crippen LogP contribution in [0.15, 0.2) is 24.4 Å². The van der Waals surface area contributed by atoms with Gasteiger partial charge in [-0.15, -0.1) is 11.3 Å². The number of halogens is 2. The van der Waals surface area contributed by atoms with Gasteiger partial charge >= 0.3 is 0 Å². The summed E-state index contributed by atoms with van der Waals surface area (Å²) in [5.41, 5.74) is 0.568. The van der Waals surface area contributed by atoms with Crippen molar-refractivity contribution in [3.8, 4) is 0 Å². The first-order valence-electron chi connectivity index (χ1n) is 4.74. The van der Waals surface area contributed by atoms with Crippen molar-refractivity contribution in [1.82, 2.24) is 4.98 Å². The number of nitrogens with zero attached hydrogens (tertiary/aromatic N) is 1. The molecule has 0 saturated carbocycles. The van der Waals surface area contributed by atoms with Gasteiger partial charge in [0.25, 0.3) is 5.91 Å². The molecule has 0 aliphatic rings. The second-order valence-corrected chi connectivity index (χ2v) is 5.46. The van der Waals surface area contributed by atoms with E-state index in [0.29, 0.717) is 20.6 Å². The van der Waals surface area contributed by atoms with Gasteiger partial charge in [0.2, 0.25) is 0 Å². The number of aryl methyl sites for hydroxylation is 1. The molecule has 0 radical (unpaired) electrons. The molecule has 6 heteroatoms. The van der Waals surface area contributed by atoms with Crippen LogP contribution >= 0.6 is 34.5 Å². The van der Waals surface area contributed by atoms with Gasteiger partial charge in [-0.2, -0.15) is 0 Å². The summed E-state index contributed by atoms with van der Waals surface area (Å²) in [4.78, 5) is 16.4. The second-order valence-electron chi connectivity index (χ2n) is 3.36. The lowest BCUT2D eigenvalue weighted by atomic mass is 10.3. The van der Waals surface area contributed by atoms with Gasteiger partial charge < -0.3 is 5.32 Å². The minimum Gasteiger partial charge on any atom is -0.321 e. The van der Waals surface area contributed by atoms with Crippen molar-refractivity contribution in [2.45, 2.75) is 6.92 Å². The molecule has 0 unspecified atom stereocenters. The molecule has 0 spiro atoms. The van der Waals surface area contributed by atoms with E-state index in [2.05, 4.69) is 10.3 Å². The third-order valence-corrected chi connectivity index (χ3v) is 3.31. The van der Waals surface area contributed by atoms with Crippen molar-refractivity contribution in [2.24, 2.45) is 0 Å². The van der Waals surface area contributed by atoms with E-state index in [0.717, 1.165) is 5.01 Å². The fourth-order valence-corrected chi connectivity index (χ4v) is 2.48. The summed E-state index contributed by atoms with van der Waals surface area (Å²) >= 11 is 13.0. The summed E-state index contributed by atoms with van der Waals surface area (Å²) in [6.45, 7) is 1.84. The van der Waals surface area contributed by atoms with E-state index in [4.69, 9.17) is 23.2 Å². The molecule has 1 N–H and O–H groups in total. The minimum absolute atomic E-state index is 0.214. The van der Waals surface area contributed by atoms with Gasteiger partial charge in [0.05, 0.1) is 11.2 Å². The Morgan fingerprint density at radius 1 is 1.29 bits per heavy atom. The molecule has 3 nitrogen and oxygen atoms in total. The van der Waals surface area contributed by atoms with E-state index in [9.17, 15) is 4.79 Å². The molecule has 0 saturated heterocycles. The normalized spacial score (nSPS) is 10.3. The van der Waals surface area contributed by atoms with Crippen molar-refractivity contribution in [1.29, 1.82) is 0 Å². The Morgan fingerprint density at radius 3 is 2.47 bits per heavy atom. The van der Waals surface area contributed by atoms with Crippen molar-refractivity contribution >= 4 is 46.1 Å². The van der Waals surface area contributed by atoms with Crippen LogP contribution in [0.3, 0.4) is 0 Å². The molecule has 0 atom stereocenters. The Morgan fingerprint density at radius 2 is 1.94 bits per heavy atom. The van der Waals surface area contributed by atoms with E-state index in [1.54, 1.807) is 24.4 Å². The van der Waals surface area contributed by atoms with Gasteiger partial charge in [-0.05, 0) is 25.1 Å². The highest BCUT2D eigenvalue weighted by Crippen LogP contribution is 2.23. The highest BCUT2D eigenvalue weighted by Gasteiger charge is 2.09. The lowest BCUT2D eigenvalue weighted by Crippen LogP contribution is -2.10. The SMILES string of the molecule is Cc1ncc(C(=O)Nc2cc(Cl)cc(Cl)c2)s1. The van der Waals surface area contributed by atoms with Crippen molar-refractivity contribution < 1.29 is 4.79 Å². The maximum atomic E-state index is 11.8. The number of benzene rings is 1. The third kappa shape index (κ3) is 3.19. The number of anilines is 1. The van der Waals surface area contributed by atoms with Gasteiger partial charge in [0.1, 0.15) is 4.88 Å². The molecule has 0 aliphatic heterocycles. The molecule has 17 heavy (non-hydrogen) atoms. The topological polar surface area (TPSA) is 42.0 Å². The standard InChI is InChI=1S/C11H8Cl2N2OS/c1-6-14-5-10(17-6)11(16)15-9-3-7(12)2-8(13)4-9/h2-5H,1H3,(H,15,16). The van der Waals surface area contributed by atoms with Crippen LogP contribution in [0.25, 0.3) is 0 Å². The molecule has 0 fully saturated rings. The molecule has 1 heterocycles. The lowest BCUT2D eigenvalue weighted by Gasteiger charge is -2.04. The van der Waals surface area contributed by atoms with Gasteiger partial charge in [-0.25, -0.2) is 4.98 Å². The molecule has 0 bridgehead atoms. The number of amides is 1. The van der Waals surface area contributed by atoms with Crippen LogP contribution in [0, 0.1) is 6.92 Å². The first-order chi connectivity index (χ1) is 8.04. The number of hydrogen-bond donors (Lipinski definition) is 1. The van der Waals surface area contributed by atoms with Gasteiger partial charge in [0, 0.05) is 15.7 Å². The highest BCUT2D eigenvalue weighted by molar-refractivity contribution is 7.13. The van der Waals surface area contributed by atoms with Crippen LogP contribution in [0.5, 0.6) is 0 Å². The zero-order valence-electron chi connectivity index (χ0n) is 8.83. The molecular weight excluding hydrogens is 279 g/mol. The van der Waals surface area contributed by atoms with Gasteiger partial charge in [0.15, 0.2) is 0 Å². The predicted octanol–water partition coefficient (Wildman–Crippen LogP) is 4.01. The predicted molar refractivity (Wildman–Crippen MR) is 71.3 cm³/mol. The smallest absolute Gasteiger partial charge is 0.267 e. The molecule has 1 aromatic carbocycles. The Labute approximate surface area is 112 Å². The Bertz CT molecular complexity index is 548. The summed E-state index contributed by atoms with van der Waals surface area (Å²) in [6, 6.07) is 4.88. The van der Waals surface area contributed by atoms with Gasteiger partial charge in [-0.1, -0.05) is 23.2 Å². The fraction of sp³-hybridized carbons (Fsp3) is 0.0909. The van der Waals surface area contributed by atoms with Crippen LogP contribution < -0.4 is 5.32 Å². The largest absolute Gasteiger partial charge is 0.321 e. The lowest BCUT2D eigenvalue weighted by molar-refractivity contribution is 0.103. The van der Waals surface area contributed by atoms with Crippen molar-refractivity contribution in [3.05, 3.63) is 44.3 Å². The summed E-state index contributed by atoms with van der Waals surface area (Å²) in [6.07, 6.45) is 1.54. The van der Waals surface area contributed by atoms with Crippen LogP contribution in [-0.2, 0) is 0 Å². The average molecular weight is 287 g/mol. The maximum absolute atomic E-state index is 11.8. The minimum atomic E-state index is -0.214. The number of carbonyl (C=O) groups is 1. The van der Waals surface area contributed by atoms with Crippen LogP contribution in [0.1, 0.15) is 14.7 Å². The quantitative estimate of drug-likeness (QED) is 0.906. The monoisotopic (exact) mass is 286 g/mol. The van der Waals surface area contributed by atoms with E-state index in [-0.39, 0.29) is 5.91 Å². The van der Waals surface area contributed by atoms with Crippen LogP contribution in [0.4, 0.5) is 5.69 Å². The molecule has 1 aromatic heterocycles. The van der Waals surface area contributed by atoms with E-state index >= 15 is 0 Å². The average Bonchev–Trinajstić information content (AvgIpc) is 2.63. The molecule has 0 aliphatic carbocycles. The first-order valence-corrected chi connectivity index (χ1v) is 6.32. The molecule has 88 valence electrons. The highest BCUT2D eigenvalue weighted by atomic mass is 35.5. The van der Waals surface area contributed by atoms with Crippen molar-refractivity contribution in [2.75, 3.05) is 5.32 Å². The number of hydrogen-bond acceptors (Lipinski definition) is 3. The van der Waals surface area contributed by atoms with Crippen LogP contribution in [-0.4, -0.2) is 10.9 Å².